The van der Waals surface area contributed by atoms with Gasteiger partial charge in [0.1, 0.15) is 0 Å². The van der Waals surface area contributed by atoms with Crippen molar-refractivity contribution in [3.05, 3.63) is 16.9 Å². The first-order valence-electron chi connectivity index (χ1n) is 7.56. The molecule has 116 valence electrons. The van der Waals surface area contributed by atoms with Gasteiger partial charge in [0.2, 0.25) is 0 Å². The van der Waals surface area contributed by atoms with E-state index in [0.29, 0.717) is 17.4 Å². The van der Waals surface area contributed by atoms with Gasteiger partial charge in [0.15, 0.2) is 0 Å². The Balaban J connectivity index is 2.89. The van der Waals surface area contributed by atoms with Crippen molar-refractivity contribution in [2.24, 2.45) is 11.3 Å². The quantitative estimate of drug-likeness (QED) is 0.814. The summed E-state index contributed by atoms with van der Waals surface area (Å²) in [5, 5.41) is 8.59. The molecule has 3 nitrogen and oxygen atoms in total. The lowest BCUT2D eigenvalue weighted by molar-refractivity contribution is 0.274. The van der Waals surface area contributed by atoms with Crippen LogP contribution < -0.4 is 5.32 Å². The molecule has 0 aliphatic rings. The van der Waals surface area contributed by atoms with E-state index in [1.165, 1.54) is 6.42 Å². The predicted molar refractivity (Wildman–Crippen MR) is 87.3 cm³/mol. The van der Waals surface area contributed by atoms with Crippen molar-refractivity contribution in [1.82, 2.24) is 15.1 Å². The topological polar surface area (TPSA) is 29.9 Å². The van der Waals surface area contributed by atoms with Gasteiger partial charge in [-0.1, -0.05) is 39.3 Å². The fourth-order valence-corrected chi connectivity index (χ4v) is 3.25. The molecule has 0 amide bonds. The Morgan fingerprint density at radius 3 is 2.35 bits per heavy atom. The van der Waals surface area contributed by atoms with Gasteiger partial charge in [-0.05, 0) is 45.1 Å². The minimum Gasteiger partial charge on any atom is -0.312 e. The molecule has 1 N–H and O–H groups in total. The molecule has 0 fully saturated rings. The highest BCUT2D eigenvalue weighted by Gasteiger charge is 2.24. The number of hydrogen-bond acceptors (Lipinski definition) is 2. The van der Waals surface area contributed by atoms with Crippen LogP contribution in [0.3, 0.4) is 0 Å². The Kier molecular flexibility index (Phi) is 6.08. The Bertz CT molecular complexity index is 418. The number of nitrogens with one attached hydrogen (secondary N) is 1. The maximum absolute atomic E-state index is 6.36. The van der Waals surface area contributed by atoms with Crippen LogP contribution in [0.2, 0.25) is 5.02 Å². The molecule has 0 bridgehead atoms. The monoisotopic (exact) mass is 299 g/mol. The van der Waals surface area contributed by atoms with E-state index in [2.05, 4.69) is 52.0 Å². The largest absolute Gasteiger partial charge is 0.312 e. The zero-order chi connectivity index (χ0) is 15.5. The van der Waals surface area contributed by atoms with Gasteiger partial charge in [0.05, 0.1) is 23.0 Å². The second-order valence-electron chi connectivity index (χ2n) is 7.36. The zero-order valence-electron chi connectivity index (χ0n) is 14.0. The minimum atomic E-state index is 0.254. The highest BCUT2D eigenvalue weighted by atomic mass is 35.5. The first kappa shape index (κ1) is 17.5. The second kappa shape index (κ2) is 6.95. The van der Waals surface area contributed by atoms with Crippen molar-refractivity contribution in [3.63, 3.8) is 0 Å². The van der Waals surface area contributed by atoms with Gasteiger partial charge in [-0.25, -0.2) is 0 Å². The number of hydrogen-bond donors (Lipinski definition) is 1. The summed E-state index contributed by atoms with van der Waals surface area (Å²) in [4.78, 5) is 0. The summed E-state index contributed by atoms with van der Waals surface area (Å²) in [5.74, 6) is 0.638. The van der Waals surface area contributed by atoms with Crippen molar-refractivity contribution in [3.8, 4) is 0 Å². The molecule has 20 heavy (non-hydrogen) atoms. The van der Waals surface area contributed by atoms with E-state index in [1.807, 2.05) is 11.7 Å². The molecule has 2 atom stereocenters. The van der Waals surface area contributed by atoms with Gasteiger partial charge in [0.25, 0.3) is 0 Å². The molecule has 1 aromatic heterocycles. The standard InChI is InChI=1S/C16H30ClN3/c1-11(2)20-15(13(17)10-19-20)14(18-7)8-12(3)9-16(4,5)6/h10-12,14,18H,8-9H2,1-7H3. The third-order valence-corrected chi connectivity index (χ3v) is 3.84. The SMILES string of the molecule is CNC(CC(C)CC(C)(C)C)c1c(Cl)cnn1C(C)C. The third kappa shape index (κ3) is 4.78. The van der Waals surface area contributed by atoms with E-state index < -0.39 is 0 Å². The molecule has 1 aromatic rings. The maximum atomic E-state index is 6.36. The van der Waals surface area contributed by atoms with Gasteiger partial charge in [0, 0.05) is 6.04 Å². The van der Waals surface area contributed by atoms with E-state index >= 15 is 0 Å². The van der Waals surface area contributed by atoms with Crippen LogP contribution in [0, 0.1) is 11.3 Å². The summed E-state index contributed by atoms with van der Waals surface area (Å²) in [6.07, 6.45) is 4.04. The van der Waals surface area contributed by atoms with Gasteiger partial charge >= 0.3 is 0 Å². The predicted octanol–water partition coefficient (Wildman–Crippen LogP) is 4.84. The van der Waals surface area contributed by atoms with Gasteiger partial charge in [-0.2, -0.15) is 5.10 Å². The first-order chi connectivity index (χ1) is 9.15. The lowest BCUT2D eigenvalue weighted by Crippen LogP contribution is -2.25. The highest BCUT2D eigenvalue weighted by molar-refractivity contribution is 6.31. The summed E-state index contributed by atoms with van der Waals surface area (Å²) < 4.78 is 2.04. The summed E-state index contributed by atoms with van der Waals surface area (Å²) in [6, 6.07) is 0.580. The highest BCUT2D eigenvalue weighted by Crippen LogP contribution is 2.33. The molecule has 0 radical (unpaired) electrons. The van der Waals surface area contributed by atoms with E-state index in [4.69, 9.17) is 11.6 Å². The lowest BCUT2D eigenvalue weighted by Gasteiger charge is -2.27. The average molecular weight is 300 g/mol. The van der Waals surface area contributed by atoms with Crippen LogP contribution in [0.25, 0.3) is 0 Å². The van der Waals surface area contributed by atoms with Crippen molar-refractivity contribution in [2.45, 2.75) is 66.5 Å². The van der Waals surface area contributed by atoms with E-state index in [0.717, 1.165) is 17.1 Å². The first-order valence-corrected chi connectivity index (χ1v) is 7.93. The molecule has 0 spiro atoms. The molecule has 0 aromatic carbocycles. The zero-order valence-corrected chi connectivity index (χ0v) is 14.8. The Morgan fingerprint density at radius 1 is 1.30 bits per heavy atom. The molecular formula is C16H30ClN3. The smallest absolute Gasteiger partial charge is 0.0834 e. The summed E-state index contributed by atoms with van der Waals surface area (Å²) in [7, 11) is 2.00. The van der Waals surface area contributed by atoms with Crippen LogP contribution >= 0.6 is 11.6 Å². The van der Waals surface area contributed by atoms with Crippen LogP contribution in [0.1, 0.15) is 72.2 Å². The van der Waals surface area contributed by atoms with Crippen LogP contribution in [-0.2, 0) is 0 Å². The third-order valence-electron chi connectivity index (χ3n) is 3.55. The van der Waals surface area contributed by atoms with E-state index in [1.54, 1.807) is 6.20 Å². The van der Waals surface area contributed by atoms with E-state index in [-0.39, 0.29) is 6.04 Å². The van der Waals surface area contributed by atoms with E-state index in [9.17, 15) is 0 Å². The summed E-state index contributed by atoms with van der Waals surface area (Å²) >= 11 is 6.36. The summed E-state index contributed by atoms with van der Waals surface area (Å²) in [5.41, 5.74) is 1.48. The molecular weight excluding hydrogens is 270 g/mol. The lowest BCUT2D eigenvalue weighted by atomic mass is 9.82. The Morgan fingerprint density at radius 2 is 1.90 bits per heavy atom. The van der Waals surface area contributed by atoms with Crippen molar-refractivity contribution in [1.29, 1.82) is 0 Å². The Hall–Kier alpha value is -0.540. The number of aromatic nitrogens is 2. The minimum absolute atomic E-state index is 0.254. The van der Waals surface area contributed by atoms with Crippen molar-refractivity contribution >= 4 is 11.6 Å². The van der Waals surface area contributed by atoms with Gasteiger partial charge in [-0.15, -0.1) is 0 Å². The number of rotatable bonds is 6. The van der Waals surface area contributed by atoms with Crippen LogP contribution in [-0.4, -0.2) is 16.8 Å². The van der Waals surface area contributed by atoms with Crippen LogP contribution in [0.15, 0.2) is 6.20 Å². The maximum Gasteiger partial charge on any atom is 0.0834 e. The molecule has 0 aliphatic carbocycles. The molecule has 1 heterocycles. The van der Waals surface area contributed by atoms with Crippen LogP contribution in [0.4, 0.5) is 0 Å². The fourth-order valence-electron chi connectivity index (χ4n) is 2.99. The fraction of sp³-hybridized carbons (Fsp3) is 0.812. The van der Waals surface area contributed by atoms with Crippen molar-refractivity contribution < 1.29 is 0 Å². The van der Waals surface area contributed by atoms with Crippen molar-refractivity contribution in [2.75, 3.05) is 7.05 Å². The number of nitrogens with zero attached hydrogens (tertiary/aromatic N) is 2. The molecule has 4 heteroatoms. The Labute approximate surface area is 129 Å². The molecule has 0 aliphatic heterocycles. The van der Waals surface area contributed by atoms with Gasteiger partial charge in [-0.3, -0.25) is 4.68 Å². The van der Waals surface area contributed by atoms with Gasteiger partial charge < -0.3 is 5.32 Å². The van der Waals surface area contributed by atoms with Crippen LogP contribution in [0.5, 0.6) is 0 Å². The normalized spacial score (nSPS) is 15.7. The average Bonchev–Trinajstić information content (AvgIpc) is 2.65. The molecule has 0 saturated heterocycles. The molecule has 1 rings (SSSR count). The second-order valence-corrected chi connectivity index (χ2v) is 7.77. The number of halogens is 1. The molecule has 2 unspecified atom stereocenters. The summed E-state index contributed by atoms with van der Waals surface area (Å²) in [6.45, 7) is 13.5. The molecule has 0 saturated carbocycles.